The number of rotatable bonds is 3. The molecule has 0 heterocycles. The molecule has 1 fully saturated rings. The van der Waals surface area contributed by atoms with Gasteiger partial charge in [-0.25, -0.2) is 0 Å². The molecule has 3 heteroatoms. The lowest BCUT2D eigenvalue weighted by molar-refractivity contribution is 0.400. The van der Waals surface area contributed by atoms with Crippen LogP contribution in [0, 0.1) is 12.8 Å². The topological polar surface area (TPSA) is 35.2 Å². The van der Waals surface area contributed by atoms with Crippen molar-refractivity contribution in [3.8, 4) is 5.75 Å². The van der Waals surface area contributed by atoms with Crippen molar-refractivity contribution in [3.05, 3.63) is 28.3 Å². The Kier molecular flexibility index (Phi) is 2.89. The number of ether oxygens (including phenoxy) is 1. The third-order valence-corrected chi connectivity index (χ3v) is 3.18. The molecule has 0 amide bonds. The highest BCUT2D eigenvalue weighted by Gasteiger charge is 2.31. The molecule has 0 saturated heterocycles. The van der Waals surface area contributed by atoms with E-state index in [1.54, 1.807) is 7.11 Å². The molecule has 0 radical (unpaired) electrons. The summed E-state index contributed by atoms with van der Waals surface area (Å²) in [6.45, 7) is 1.99. The number of halogens is 1. The van der Waals surface area contributed by atoms with Crippen molar-refractivity contribution in [2.75, 3.05) is 7.11 Å². The van der Waals surface area contributed by atoms with Crippen LogP contribution in [0.5, 0.6) is 5.75 Å². The Hall–Kier alpha value is -0.730. The van der Waals surface area contributed by atoms with E-state index in [1.807, 2.05) is 19.1 Å². The second kappa shape index (κ2) is 4.03. The summed E-state index contributed by atoms with van der Waals surface area (Å²) < 4.78 is 5.39. The van der Waals surface area contributed by atoms with E-state index in [-0.39, 0.29) is 6.04 Å². The predicted molar refractivity (Wildman–Crippen MR) is 62.4 cm³/mol. The zero-order valence-electron chi connectivity index (χ0n) is 9.09. The van der Waals surface area contributed by atoms with Crippen LogP contribution in [0.2, 0.25) is 5.02 Å². The molecule has 1 aliphatic rings. The first-order valence-electron chi connectivity index (χ1n) is 5.23. The lowest BCUT2D eigenvalue weighted by atomic mass is 10.00. The van der Waals surface area contributed by atoms with Crippen molar-refractivity contribution in [2.45, 2.75) is 25.8 Å². The van der Waals surface area contributed by atoms with Gasteiger partial charge in [0.15, 0.2) is 0 Å². The van der Waals surface area contributed by atoms with E-state index in [1.165, 1.54) is 12.8 Å². The van der Waals surface area contributed by atoms with Gasteiger partial charge >= 0.3 is 0 Å². The summed E-state index contributed by atoms with van der Waals surface area (Å²) in [5, 5.41) is 0.736. The fraction of sp³-hybridized carbons (Fsp3) is 0.500. The summed E-state index contributed by atoms with van der Waals surface area (Å²) in [7, 11) is 1.68. The molecule has 0 aliphatic heterocycles. The molecule has 82 valence electrons. The van der Waals surface area contributed by atoms with E-state index in [2.05, 4.69) is 0 Å². The van der Waals surface area contributed by atoms with Gasteiger partial charge in [0.2, 0.25) is 0 Å². The number of nitrogens with two attached hydrogens (primary N) is 1. The van der Waals surface area contributed by atoms with Gasteiger partial charge in [0, 0.05) is 16.6 Å². The van der Waals surface area contributed by atoms with Gasteiger partial charge in [-0.05, 0) is 43.4 Å². The standard InChI is InChI=1S/C12H16ClNO/c1-7-5-9(13)6-10(12(7)15-2)11(14)8-3-4-8/h5-6,8,11H,3-4,14H2,1-2H3. The van der Waals surface area contributed by atoms with Crippen LogP contribution in [0.3, 0.4) is 0 Å². The summed E-state index contributed by atoms with van der Waals surface area (Å²) in [6, 6.07) is 3.90. The Labute approximate surface area is 95.4 Å². The van der Waals surface area contributed by atoms with Crippen LogP contribution in [0.1, 0.15) is 30.0 Å². The summed E-state index contributed by atoms with van der Waals surface area (Å²) in [5.41, 5.74) is 8.27. The van der Waals surface area contributed by atoms with Gasteiger partial charge < -0.3 is 10.5 Å². The minimum Gasteiger partial charge on any atom is -0.496 e. The predicted octanol–water partition coefficient (Wildman–Crippen LogP) is 3.07. The highest BCUT2D eigenvalue weighted by Crippen LogP contribution is 2.43. The SMILES string of the molecule is COc1c(C)cc(Cl)cc1C(N)C1CC1. The number of methoxy groups -OCH3 is 1. The van der Waals surface area contributed by atoms with Gasteiger partial charge in [-0.3, -0.25) is 0 Å². The van der Waals surface area contributed by atoms with E-state index in [0.717, 1.165) is 21.9 Å². The second-order valence-electron chi connectivity index (χ2n) is 4.21. The average Bonchev–Trinajstić information content (AvgIpc) is 2.98. The molecule has 2 nitrogen and oxygen atoms in total. The minimum absolute atomic E-state index is 0.0670. The van der Waals surface area contributed by atoms with Gasteiger partial charge in [-0.1, -0.05) is 11.6 Å². The van der Waals surface area contributed by atoms with Gasteiger partial charge in [0.1, 0.15) is 5.75 Å². The van der Waals surface area contributed by atoms with E-state index in [4.69, 9.17) is 22.1 Å². The third kappa shape index (κ3) is 2.11. The van der Waals surface area contributed by atoms with Crippen LogP contribution in [0.15, 0.2) is 12.1 Å². The van der Waals surface area contributed by atoms with E-state index in [9.17, 15) is 0 Å². The lowest BCUT2D eigenvalue weighted by Gasteiger charge is -2.17. The molecule has 1 atom stereocenters. The highest BCUT2D eigenvalue weighted by atomic mass is 35.5. The molecule has 1 aromatic carbocycles. The van der Waals surface area contributed by atoms with Crippen LogP contribution in [0.4, 0.5) is 0 Å². The van der Waals surface area contributed by atoms with E-state index in [0.29, 0.717) is 5.92 Å². The van der Waals surface area contributed by atoms with Crippen LogP contribution in [-0.2, 0) is 0 Å². The molecular weight excluding hydrogens is 210 g/mol. The quantitative estimate of drug-likeness (QED) is 0.858. The molecule has 1 saturated carbocycles. The van der Waals surface area contributed by atoms with Crippen molar-refractivity contribution in [1.29, 1.82) is 0 Å². The zero-order chi connectivity index (χ0) is 11.0. The van der Waals surface area contributed by atoms with Gasteiger partial charge in [0.05, 0.1) is 7.11 Å². The average molecular weight is 226 g/mol. The van der Waals surface area contributed by atoms with Crippen molar-refractivity contribution in [2.24, 2.45) is 11.7 Å². The van der Waals surface area contributed by atoms with Crippen LogP contribution in [0.25, 0.3) is 0 Å². The van der Waals surface area contributed by atoms with Crippen LogP contribution < -0.4 is 10.5 Å². The smallest absolute Gasteiger partial charge is 0.126 e. The number of aryl methyl sites for hydroxylation is 1. The van der Waals surface area contributed by atoms with Crippen molar-refractivity contribution in [1.82, 2.24) is 0 Å². The summed E-state index contributed by atoms with van der Waals surface area (Å²) in [5.74, 6) is 1.50. The molecule has 2 rings (SSSR count). The number of hydrogen-bond acceptors (Lipinski definition) is 2. The minimum atomic E-state index is 0.0670. The largest absolute Gasteiger partial charge is 0.496 e. The zero-order valence-corrected chi connectivity index (χ0v) is 9.84. The van der Waals surface area contributed by atoms with Crippen LogP contribution in [-0.4, -0.2) is 7.11 Å². The summed E-state index contributed by atoms with van der Waals surface area (Å²) in [6.07, 6.45) is 2.44. The first-order chi connectivity index (χ1) is 7.13. The Balaban J connectivity index is 2.42. The molecule has 1 unspecified atom stereocenters. The fourth-order valence-corrected chi connectivity index (χ4v) is 2.27. The Morgan fingerprint density at radius 1 is 1.47 bits per heavy atom. The van der Waals surface area contributed by atoms with Gasteiger partial charge in [-0.2, -0.15) is 0 Å². The normalized spacial score (nSPS) is 17.6. The Morgan fingerprint density at radius 2 is 2.13 bits per heavy atom. The maximum Gasteiger partial charge on any atom is 0.126 e. The van der Waals surface area contributed by atoms with Gasteiger partial charge in [-0.15, -0.1) is 0 Å². The number of hydrogen-bond donors (Lipinski definition) is 1. The molecule has 0 bridgehead atoms. The summed E-state index contributed by atoms with van der Waals surface area (Å²) in [4.78, 5) is 0. The third-order valence-electron chi connectivity index (χ3n) is 2.96. The second-order valence-corrected chi connectivity index (χ2v) is 4.64. The maximum absolute atomic E-state index is 6.18. The first-order valence-corrected chi connectivity index (χ1v) is 5.61. The monoisotopic (exact) mass is 225 g/mol. The molecule has 1 aliphatic carbocycles. The van der Waals surface area contributed by atoms with Crippen molar-refractivity contribution >= 4 is 11.6 Å². The fourth-order valence-electron chi connectivity index (χ4n) is 1.99. The molecule has 1 aromatic rings. The lowest BCUT2D eigenvalue weighted by Crippen LogP contribution is -2.14. The van der Waals surface area contributed by atoms with E-state index >= 15 is 0 Å². The molecular formula is C12H16ClNO. The molecule has 15 heavy (non-hydrogen) atoms. The molecule has 0 aromatic heterocycles. The Bertz CT molecular complexity index is 374. The summed E-state index contributed by atoms with van der Waals surface area (Å²) >= 11 is 6.04. The molecule has 2 N–H and O–H groups in total. The molecule has 0 spiro atoms. The van der Waals surface area contributed by atoms with Crippen molar-refractivity contribution < 1.29 is 4.74 Å². The first kappa shape index (κ1) is 10.8. The highest BCUT2D eigenvalue weighted by molar-refractivity contribution is 6.30. The Morgan fingerprint density at radius 3 is 2.67 bits per heavy atom. The van der Waals surface area contributed by atoms with Crippen molar-refractivity contribution in [3.63, 3.8) is 0 Å². The maximum atomic E-state index is 6.18. The number of benzene rings is 1. The van der Waals surface area contributed by atoms with E-state index < -0.39 is 0 Å². The van der Waals surface area contributed by atoms with Crippen LogP contribution >= 0.6 is 11.6 Å². The van der Waals surface area contributed by atoms with Gasteiger partial charge in [0.25, 0.3) is 0 Å².